The van der Waals surface area contributed by atoms with Gasteiger partial charge in [-0.15, -0.1) is 0 Å². The second-order valence-corrected chi connectivity index (χ2v) is 8.23. The lowest BCUT2D eigenvalue weighted by atomic mass is 10.2. The molecular formula is C27H24N4O3. The monoisotopic (exact) mass is 452 g/mol. The molecule has 0 fully saturated rings. The molecule has 0 radical (unpaired) electrons. The summed E-state index contributed by atoms with van der Waals surface area (Å²) in [5.41, 5.74) is 3.50. The van der Waals surface area contributed by atoms with Gasteiger partial charge in [-0.05, 0) is 47.9 Å². The maximum atomic E-state index is 13.6. The van der Waals surface area contributed by atoms with E-state index < -0.39 is 5.69 Å². The molecule has 170 valence electrons. The van der Waals surface area contributed by atoms with Crippen LogP contribution in [0.25, 0.3) is 16.9 Å². The summed E-state index contributed by atoms with van der Waals surface area (Å²) in [6.07, 6.45) is 1.62. The van der Waals surface area contributed by atoms with Crippen LogP contribution in [0, 0.1) is 6.92 Å². The third-order valence-electron chi connectivity index (χ3n) is 5.86. The molecule has 0 atom stereocenters. The Labute approximate surface area is 196 Å². The molecule has 0 aliphatic rings. The number of aryl methyl sites for hydroxylation is 1. The number of ether oxygens (including phenoxy) is 1. The van der Waals surface area contributed by atoms with Gasteiger partial charge in [0.25, 0.3) is 5.56 Å². The zero-order valence-corrected chi connectivity index (χ0v) is 19.0. The number of aromatic nitrogens is 4. The quantitative estimate of drug-likeness (QED) is 0.393. The molecule has 0 saturated carbocycles. The van der Waals surface area contributed by atoms with Gasteiger partial charge in [0.05, 0.1) is 25.7 Å². The maximum absolute atomic E-state index is 13.6. The Bertz CT molecular complexity index is 1580. The summed E-state index contributed by atoms with van der Waals surface area (Å²) >= 11 is 0. The van der Waals surface area contributed by atoms with E-state index in [4.69, 9.17) is 4.74 Å². The number of fused-ring (bicyclic) bond motifs is 1. The molecule has 0 amide bonds. The summed E-state index contributed by atoms with van der Waals surface area (Å²) in [6, 6.07) is 24.8. The predicted molar refractivity (Wildman–Crippen MR) is 132 cm³/mol. The third-order valence-corrected chi connectivity index (χ3v) is 5.86. The summed E-state index contributed by atoms with van der Waals surface area (Å²) in [6.45, 7) is 2.58. The average Bonchev–Trinajstić information content (AvgIpc) is 3.26. The van der Waals surface area contributed by atoms with Crippen LogP contribution in [0.2, 0.25) is 0 Å². The number of hydrogen-bond donors (Lipinski definition) is 0. The van der Waals surface area contributed by atoms with Crippen LogP contribution in [0.4, 0.5) is 0 Å². The molecule has 0 spiro atoms. The van der Waals surface area contributed by atoms with Crippen molar-refractivity contribution in [2.45, 2.75) is 20.0 Å². The van der Waals surface area contributed by atoms with E-state index in [0.29, 0.717) is 23.4 Å². The molecule has 0 bridgehead atoms. The minimum atomic E-state index is -0.415. The molecule has 0 unspecified atom stereocenters. The third kappa shape index (κ3) is 3.92. The minimum Gasteiger partial charge on any atom is -0.497 e. The fourth-order valence-corrected chi connectivity index (χ4v) is 4.13. The molecule has 7 heteroatoms. The van der Waals surface area contributed by atoms with Gasteiger partial charge in [0.15, 0.2) is 11.2 Å². The zero-order chi connectivity index (χ0) is 23.7. The Kier molecular flexibility index (Phi) is 5.59. The molecule has 5 rings (SSSR count). The van der Waals surface area contributed by atoms with E-state index in [-0.39, 0.29) is 12.1 Å². The topological polar surface area (TPSA) is 71.1 Å². The zero-order valence-electron chi connectivity index (χ0n) is 19.0. The van der Waals surface area contributed by atoms with E-state index in [1.807, 2.05) is 85.8 Å². The van der Waals surface area contributed by atoms with Gasteiger partial charge in [0.1, 0.15) is 5.75 Å². The van der Waals surface area contributed by atoms with E-state index in [1.165, 1.54) is 9.13 Å². The summed E-state index contributed by atoms with van der Waals surface area (Å²) in [5.74, 6) is 0.762. The van der Waals surface area contributed by atoms with Crippen molar-refractivity contribution < 1.29 is 4.74 Å². The molecule has 2 aromatic heterocycles. The van der Waals surface area contributed by atoms with Crippen molar-refractivity contribution in [2.75, 3.05) is 7.11 Å². The molecule has 34 heavy (non-hydrogen) atoms. The average molecular weight is 453 g/mol. The fraction of sp³-hybridized carbons (Fsp3) is 0.148. The number of methoxy groups -OCH3 is 1. The normalized spacial score (nSPS) is 11.1. The van der Waals surface area contributed by atoms with Crippen LogP contribution in [0.1, 0.15) is 16.7 Å². The van der Waals surface area contributed by atoms with Crippen LogP contribution >= 0.6 is 0 Å². The largest absolute Gasteiger partial charge is 0.497 e. The molecule has 2 heterocycles. The first-order chi connectivity index (χ1) is 16.5. The van der Waals surface area contributed by atoms with Crippen LogP contribution in [0.3, 0.4) is 0 Å². The summed E-state index contributed by atoms with van der Waals surface area (Å²) in [4.78, 5) is 31.8. The van der Waals surface area contributed by atoms with Crippen LogP contribution in [0.15, 0.2) is 94.8 Å². The van der Waals surface area contributed by atoms with E-state index in [2.05, 4.69) is 4.98 Å². The van der Waals surface area contributed by atoms with Gasteiger partial charge < -0.3 is 9.30 Å². The van der Waals surface area contributed by atoms with Gasteiger partial charge in [-0.2, -0.15) is 0 Å². The SMILES string of the molecule is COc1ccc(Cn2cnc3c2c(=O)n(Cc2ccccc2)c(=O)n3-c2cccc(C)c2)cc1. The van der Waals surface area contributed by atoms with Crippen molar-refractivity contribution in [3.05, 3.63) is 123 Å². The van der Waals surface area contributed by atoms with Crippen LogP contribution < -0.4 is 16.0 Å². The Morgan fingerprint density at radius 2 is 1.59 bits per heavy atom. The number of imidazole rings is 1. The Morgan fingerprint density at radius 1 is 0.853 bits per heavy atom. The van der Waals surface area contributed by atoms with E-state index in [0.717, 1.165) is 22.4 Å². The highest BCUT2D eigenvalue weighted by Gasteiger charge is 2.19. The first-order valence-electron chi connectivity index (χ1n) is 11.0. The van der Waals surface area contributed by atoms with Crippen molar-refractivity contribution >= 4 is 11.2 Å². The molecule has 0 N–H and O–H groups in total. The van der Waals surface area contributed by atoms with Crippen molar-refractivity contribution in [1.29, 1.82) is 0 Å². The van der Waals surface area contributed by atoms with Gasteiger partial charge in [-0.1, -0.05) is 54.6 Å². The minimum absolute atomic E-state index is 0.175. The molecule has 0 saturated heterocycles. The highest BCUT2D eigenvalue weighted by Crippen LogP contribution is 2.17. The smallest absolute Gasteiger partial charge is 0.337 e. The first-order valence-corrected chi connectivity index (χ1v) is 11.0. The highest BCUT2D eigenvalue weighted by atomic mass is 16.5. The van der Waals surface area contributed by atoms with Gasteiger partial charge in [-0.25, -0.2) is 14.3 Å². The fourth-order valence-electron chi connectivity index (χ4n) is 4.13. The predicted octanol–water partition coefficient (Wildman–Crippen LogP) is 3.76. The molecule has 5 aromatic rings. The van der Waals surface area contributed by atoms with Gasteiger partial charge >= 0.3 is 5.69 Å². The highest BCUT2D eigenvalue weighted by molar-refractivity contribution is 5.72. The second-order valence-electron chi connectivity index (χ2n) is 8.23. The molecule has 3 aromatic carbocycles. The van der Waals surface area contributed by atoms with Gasteiger partial charge in [0.2, 0.25) is 0 Å². The van der Waals surface area contributed by atoms with Gasteiger partial charge in [-0.3, -0.25) is 9.36 Å². The summed E-state index contributed by atoms with van der Waals surface area (Å²) in [5, 5.41) is 0. The van der Waals surface area contributed by atoms with Crippen molar-refractivity contribution in [2.24, 2.45) is 0 Å². The van der Waals surface area contributed by atoms with Crippen LogP contribution in [0.5, 0.6) is 5.75 Å². The van der Waals surface area contributed by atoms with Crippen molar-refractivity contribution in [3.63, 3.8) is 0 Å². The van der Waals surface area contributed by atoms with Crippen LogP contribution in [-0.4, -0.2) is 25.8 Å². The Balaban J connectivity index is 1.73. The van der Waals surface area contributed by atoms with Crippen molar-refractivity contribution in [3.8, 4) is 11.4 Å². The number of hydrogen-bond acceptors (Lipinski definition) is 4. The lowest BCUT2D eigenvalue weighted by Gasteiger charge is -2.13. The molecule has 0 aliphatic carbocycles. The standard InChI is InChI=1S/C27H24N4O3/c1-19-7-6-10-22(15-19)31-25-24(26(32)30(27(31)33)17-20-8-4-3-5-9-20)29(18-28-25)16-21-11-13-23(34-2)14-12-21/h3-15,18H,16-17H2,1-2H3. The Morgan fingerprint density at radius 3 is 2.29 bits per heavy atom. The second kappa shape index (κ2) is 8.86. The first kappa shape index (κ1) is 21.5. The van der Waals surface area contributed by atoms with E-state index in [9.17, 15) is 9.59 Å². The lowest BCUT2D eigenvalue weighted by Crippen LogP contribution is -2.40. The molecule has 7 nitrogen and oxygen atoms in total. The maximum Gasteiger partial charge on any atom is 0.337 e. The summed E-state index contributed by atoms with van der Waals surface area (Å²) < 4.78 is 9.85. The Hall–Kier alpha value is -4.39. The van der Waals surface area contributed by atoms with Crippen LogP contribution in [-0.2, 0) is 13.1 Å². The van der Waals surface area contributed by atoms with E-state index in [1.54, 1.807) is 18.0 Å². The van der Waals surface area contributed by atoms with Crippen molar-refractivity contribution in [1.82, 2.24) is 18.7 Å². The summed E-state index contributed by atoms with van der Waals surface area (Å²) in [7, 11) is 1.62. The number of nitrogens with zero attached hydrogens (tertiary/aromatic N) is 4. The molecular weight excluding hydrogens is 428 g/mol. The van der Waals surface area contributed by atoms with Gasteiger partial charge in [0, 0.05) is 6.54 Å². The number of rotatable bonds is 6. The van der Waals surface area contributed by atoms with E-state index >= 15 is 0 Å². The number of benzene rings is 3. The molecule has 0 aliphatic heterocycles. The lowest BCUT2D eigenvalue weighted by molar-refractivity contribution is 0.414.